The number of aryl methyl sites for hydroxylation is 1. The van der Waals surface area contributed by atoms with E-state index in [1.54, 1.807) is 25.1 Å². The highest BCUT2D eigenvalue weighted by Gasteiger charge is 2.17. The van der Waals surface area contributed by atoms with Crippen LogP contribution in [0.1, 0.15) is 37.0 Å². The molecule has 5 nitrogen and oxygen atoms in total. The molecule has 116 valence electrons. The molecule has 2 aromatic rings. The van der Waals surface area contributed by atoms with Crippen molar-refractivity contribution in [3.63, 3.8) is 0 Å². The summed E-state index contributed by atoms with van der Waals surface area (Å²) < 4.78 is 12.9. The molecule has 2 rings (SSSR count). The van der Waals surface area contributed by atoms with Crippen molar-refractivity contribution >= 4 is 17.5 Å². The average molecular weight is 302 g/mol. The highest BCUT2D eigenvalue weighted by molar-refractivity contribution is 5.93. The highest BCUT2D eigenvalue weighted by Crippen LogP contribution is 2.15. The molecule has 1 amide bonds. The van der Waals surface area contributed by atoms with Crippen molar-refractivity contribution in [2.75, 3.05) is 5.32 Å². The molecule has 1 heterocycles. The van der Waals surface area contributed by atoms with Crippen LogP contribution in [0.4, 0.5) is 16.0 Å². The third-order valence-corrected chi connectivity index (χ3v) is 2.68. The predicted octanol–water partition coefficient (Wildman–Crippen LogP) is 3.20. The van der Waals surface area contributed by atoms with Crippen LogP contribution in [-0.2, 0) is 0 Å². The lowest BCUT2D eigenvalue weighted by Crippen LogP contribution is -2.41. The zero-order valence-corrected chi connectivity index (χ0v) is 13.1. The summed E-state index contributed by atoms with van der Waals surface area (Å²) in [5.74, 6) is -0.285. The zero-order valence-electron chi connectivity index (χ0n) is 13.1. The quantitative estimate of drug-likeness (QED) is 0.913. The topological polar surface area (TPSA) is 66.9 Å². The maximum atomic E-state index is 12.9. The predicted molar refractivity (Wildman–Crippen MR) is 83.7 cm³/mol. The van der Waals surface area contributed by atoms with Crippen molar-refractivity contribution < 1.29 is 9.18 Å². The molecule has 0 aliphatic heterocycles. The SMILES string of the molecule is Cc1cc(C(=O)NC(C)(C)C)nc(Nc2ccc(F)cc2)n1. The Kier molecular flexibility index (Phi) is 4.40. The Labute approximate surface area is 129 Å². The molecule has 0 unspecified atom stereocenters. The van der Waals surface area contributed by atoms with Gasteiger partial charge >= 0.3 is 0 Å². The Morgan fingerprint density at radius 3 is 2.36 bits per heavy atom. The van der Waals surface area contributed by atoms with Crippen LogP contribution in [0.25, 0.3) is 0 Å². The number of hydrogen-bond acceptors (Lipinski definition) is 4. The van der Waals surface area contributed by atoms with Crippen molar-refractivity contribution in [3.05, 3.63) is 47.5 Å². The van der Waals surface area contributed by atoms with Gasteiger partial charge in [-0.2, -0.15) is 0 Å². The second-order valence-electron chi connectivity index (χ2n) is 6.05. The first kappa shape index (κ1) is 15.9. The summed E-state index contributed by atoms with van der Waals surface area (Å²) in [6.45, 7) is 7.48. The van der Waals surface area contributed by atoms with Gasteiger partial charge < -0.3 is 10.6 Å². The van der Waals surface area contributed by atoms with E-state index in [1.165, 1.54) is 12.1 Å². The number of nitrogens with zero attached hydrogens (tertiary/aromatic N) is 2. The Hall–Kier alpha value is -2.50. The van der Waals surface area contributed by atoms with Crippen LogP contribution in [0.2, 0.25) is 0 Å². The Balaban J connectivity index is 2.23. The molecule has 0 spiro atoms. The molecule has 0 aliphatic rings. The second kappa shape index (κ2) is 6.09. The van der Waals surface area contributed by atoms with Crippen LogP contribution < -0.4 is 10.6 Å². The largest absolute Gasteiger partial charge is 0.346 e. The number of amides is 1. The minimum Gasteiger partial charge on any atom is -0.346 e. The minimum absolute atomic E-state index is 0.264. The van der Waals surface area contributed by atoms with E-state index in [-0.39, 0.29) is 23.0 Å². The number of rotatable bonds is 3. The fourth-order valence-corrected chi connectivity index (χ4v) is 1.81. The number of carbonyl (C=O) groups is 1. The second-order valence-corrected chi connectivity index (χ2v) is 6.05. The summed E-state index contributed by atoms with van der Waals surface area (Å²) >= 11 is 0. The summed E-state index contributed by atoms with van der Waals surface area (Å²) in [6, 6.07) is 7.46. The van der Waals surface area contributed by atoms with Crippen molar-refractivity contribution in [1.29, 1.82) is 0 Å². The average Bonchev–Trinajstić information content (AvgIpc) is 2.39. The third kappa shape index (κ3) is 4.51. The van der Waals surface area contributed by atoms with E-state index in [2.05, 4.69) is 20.6 Å². The summed E-state index contributed by atoms with van der Waals surface area (Å²) in [7, 11) is 0. The molecule has 0 aliphatic carbocycles. The first-order valence-electron chi connectivity index (χ1n) is 6.94. The molecule has 0 radical (unpaired) electrons. The van der Waals surface area contributed by atoms with E-state index < -0.39 is 0 Å². The lowest BCUT2D eigenvalue weighted by atomic mass is 10.1. The number of halogens is 1. The Bertz CT molecular complexity index is 678. The fourth-order valence-electron chi connectivity index (χ4n) is 1.81. The molecule has 6 heteroatoms. The van der Waals surface area contributed by atoms with Crippen LogP contribution in [0.3, 0.4) is 0 Å². The van der Waals surface area contributed by atoms with Gasteiger partial charge in [-0.25, -0.2) is 14.4 Å². The molecule has 0 bridgehead atoms. The smallest absolute Gasteiger partial charge is 0.270 e. The van der Waals surface area contributed by atoms with Crippen LogP contribution in [-0.4, -0.2) is 21.4 Å². The van der Waals surface area contributed by atoms with E-state index in [0.29, 0.717) is 17.3 Å². The molecule has 0 atom stereocenters. The molecule has 0 saturated heterocycles. The molecule has 22 heavy (non-hydrogen) atoms. The summed E-state index contributed by atoms with van der Waals surface area (Å²) in [5.41, 5.74) is 1.25. The van der Waals surface area contributed by atoms with Gasteiger partial charge in [0.2, 0.25) is 5.95 Å². The van der Waals surface area contributed by atoms with Crippen LogP contribution in [0.5, 0.6) is 0 Å². The van der Waals surface area contributed by atoms with E-state index in [0.717, 1.165) is 0 Å². The summed E-state index contributed by atoms with van der Waals surface area (Å²) in [4.78, 5) is 20.6. The van der Waals surface area contributed by atoms with Gasteiger partial charge in [0.1, 0.15) is 11.5 Å². The number of nitrogens with one attached hydrogen (secondary N) is 2. The third-order valence-electron chi connectivity index (χ3n) is 2.68. The Morgan fingerprint density at radius 1 is 1.14 bits per heavy atom. The highest BCUT2D eigenvalue weighted by atomic mass is 19.1. The van der Waals surface area contributed by atoms with E-state index in [9.17, 15) is 9.18 Å². The van der Waals surface area contributed by atoms with Crippen molar-refractivity contribution in [1.82, 2.24) is 15.3 Å². The lowest BCUT2D eigenvalue weighted by molar-refractivity contribution is 0.0914. The summed E-state index contributed by atoms with van der Waals surface area (Å²) in [6.07, 6.45) is 0. The van der Waals surface area contributed by atoms with Crippen LogP contribution in [0, 0.1) is 12.7 Å². The number of carbonyl (C=O) groups excluding carboxylic acids is 1. The molecule has 1 aromatic heterocycles. The monoisotopic (exact) mass is 302 g/mol. The van der Waals surface area contributed by atoms with Gasteiger partial charge in [-0.15, -0.1) is 0 Å². The van der Waals surface area contributed by atoms with E-state index in [1.807, 2.05) is 20.8 Å². The van der Waals surface area contributed by atoms with Gasteiger partial charge in [-0.1, -0.05) is 0 Å². The summed E-state index contributed by atoms with van der Waals surface area (Å²) in [5, 5.41) is 5.82. The molecular weight excluding hydrogens is 283 g/mol. The minimum atomic E-state index is -0.347. The van der Waals surface area contributed by atoms with Gasteiger partial charge in [0.25, 0.3) is 5.91 Å². The molecule has 1 aromatic carbocycles. The van der Waals surface area contributed by atoms with Crippen molar-refractivity contribution in [3.8, 4) is 0 Å². The van der Waals surface area contributed by atoms with Crippen LogP contribution >= 0.6 is 0 Å². The first-order valence-corrected chi connectivity index (χ1v) is 6.94. The van der Waals surface area contributed by atoms with Gasteiger partial charge in [0, 0.05) is 16.9 Å². The normalized spacial score (nSPS) is 11.1. The van der Waals surface area contributed by atoms with Crippen LogP contribution in [0.15, 0.2) is 30.3 Å². The van der Waals surface area contributed by atoms with Crippen molar-refractivity contribution in [2.24, 2.45) is 0 Å². The number of benzene rings is 1. The Morgan fingerprint density at radius 2 is 1.77 bits per heavy atom. The van der Waals surface area contributed by atoms with Crippen molar-refractivity contribution in [2.45, 2.75) is 33.2 Å². The maximum Gasteiger partial charge on any atom is 0.270 e. The van der Waals surface area contributed by atoms with Gasteiger partial charge in [0.05, 0.1) is 0 Å². The first-order chi connectivity index (χ1) is 10.2. The maximum absolute atomic E-state index is 12.9. The lowest BCUT2D eigenvalue weighted by Gasteiger charge is -2.20. The fraction of sp³-hybridized carbons (Fsp3) is 0.312. The number of aromatic nitrogens is 2. The molecule has 2 N–H and O–H groups in total. The van der Waals surface area contributed by atoms with Gasteiger partial charge in [-0.05, 0) is 58.0 Å². The van der Waals surface area contributed by atoms with Gasteiger partial charge in [0.15, 0.2) is 0 Å². The zero-order chi connectivity index (χ0) is 16.3. The van der Waals surface area contributed by atoms with Gasteiger partial charge in [-0.3, -0.25) is 4.79 Å². The molecule has 0 saturated carbocycles. The number of hydrogen-bond donors (Lipinski definition) is 2. The standard InChI is InChI=1S/C16H19FN4O/c1-10-9-13(14(22)21-16(2,3)4)20-15(18-10)19-12-7-5-11(17)6-8-12/h5-9H,1-4H3,(H,21,22)(H,18,19,20). The molecular formula is C16H19FN4O. The molecule has 0 fully saturated rings. The number of anilines is 2. The van der Waals surface area contributed by atoms with E-state index in [4.69, 9.17) is 0 Å². The van der Waals surface area contributed by atoms with E-state index >= 15 is 0 Å².